The van der Waals surface area contributed by atoms with Crippen LogP contribution >= 0.6 is 0 Å². The number of aldehydes is 1. The lowest BCUT2D eigenvalue weighted by atomic mass is 10.1. The molecule has 0 aliphatic carbocycles. The molecule has 0 spiro atoms. The number of hydrogen-bond donors (Lipinski definition) is 4. The van der Waals surface area contributed by atoms with Crippen LogP contribution in [0.5, 0.6) is 0 Å². The summed E-state index contributed by atoms with van der Waals surface area (Å²) < 4.78 is 0. The molecule has 0 aliphatic heterocycles. The van der Waals surface area contributed by atoms with Gasteiger partial charge in [0, 0.05) is 0 Å². The number of aliphatic hydroxyl groups is 4. The van der Waals surface area contributed by atoms with Gasteiger partial charge in [-0.2, -0.15) is 0 Å². The molecule has 3 unspecified atom stereocenters. The van der Waals surface area contributed by atoms with Crippen LogP contribution in [0.25, 0.3) is 0 Å². The van der Waals surface area contributed by atoms with E-state index in [0.717, 1.165) is 0 Å². The first-order valence-electron chi connectivity index (χ1n) is 3.94. The van der Waals surface area contributed by atoms with Crippen LogP contribution in [0.2, 0.25) is 0 Å². The summed E-state index contributed by atoms with van der Waals surface area (Å²) in [7, 11) is 0. The molecule has 0 bridgehead atoms. The Kier molecular flexibility index (Phi) is 9.79. The van der Waals surface area contributed by atoms with E-state index in [9.17, 15) is 9.59 Å². The zero-order valence-corrected chi connectivity index (χ0v) is 8.12. The van der Waals surface area contributed by atoms with Gasteiger partial charge in [-0.25, -0.2) is 0 Å². The fourth-order valence-electron chi connectivity index (χ4n) is 0.416. The molecule has 0 aromatic carbocycles. The molecular formula is C8H16O6. The van der Waals surface area contributed by atoms with E-state index in [1.165, 1.54) is 13.8 Å². The molecule has 4 N–H and O–H groups in total. The highest BCUT2D eigenvalue weighted by molar-refractivity contribution is 5.72. The Morgan fingerprint density at radius 2 is 1.64 bits per heavy atom. The van der Waals surface area contributed by atoms with Crippen molar-refractivity contribution in [3.05, 3.63) is 0 Å². The van der Waals surface area contributed by atoms with Gasteiger partial charge in [-0.3, -0.25) is 0 Å². The molecule has 0 aromatic heterocycles. The minimum atomic E-state index is -1.64. The Morgan fingerprint density at radius 1 is 1.29 bits per heavy atom. The summed E-state index contributed by atoms with van der Waals surface area (Å²) in [5, 5.41) is 34.1. The van der Waals surface area contributed by atoms with Gasteiger partial charge in [-0.05, 0) is 13.8 Å². The van der Waals surface area contributed by atoms with Crippen molar-refractivity contribution in [1.82, 2.24) is 0 Å². The van der Waals surface area contributed by atoms with E-state index in [4.69, 9.17) is 20.4 Å². The van der Waals surface area contributed by atoms with Crippen LogP contribution in [0, 0.1) is 0 Å². The number of carbonyl (C=O) groups excluding carboxylic acids is 2. The Labute approximate surface area is 81.8 Å². The van der Waals surface area contributed by atoms with Gasteiger partial charge in [-0.1, -0.05) is 0 Å². The maximum absolute atomic E-state index is 9.76. The number of aliphatic hydroxyl groups excluding tert-OH is 4. The van der Waals surface area contributed by atoms with Crippen molar-refractivity contribution in [3.63, 3.8) is 0 Å². The van der Waals surface area contributed by atoms with E-state index in [-0.39, 0.29) is 12.1 Å². The number of rotatable bonds is 4. The van der Waals surface area contributed by atoms with Crippen LogP contribution in [0.1, 0.15) is 13.8 Å². The van der Waals surface area contributed by atoms with Crippen molar-refractivity contribution in [1.29, 1.82) is 0 Å². The lowest BCUT2D eigenvalue weighted by Crippen LogP contribution is -2.40. The van der Waals surface area contributed by atoms with Crippen molar-refractivity contribution >= 4 is 12.1 Å². The summed E-state index contributed by atoms with van der Waals surface area (Å²) >= 11 is 0. The van der Waals surface area contributed by atoms with Crippen LogP contribution in [0.3, 0.4) is 0 Å². The SMILES string of the molecule is CC(C)=O.O=CC(O)C(O)C(O)CO. The fraction of sp³-hybridized carbons (Fsp3) is 0.750. The molecular weight excluding hydrogens is 192 g/mol. The van der Waals surface area contributed by atoms with Crippen molar-refractivity contribution in [3.8, 4) is 0 Å². The van der Waals surface area contributed by atoms with E-state index in [0.29, 0.717) is 0 Å². The van der Waals surface area contributed by atoms with Crippen molar-refractivity contribution in [2.75, 3.05) is 6.61 Å². The summed E-state index contributed by atoms with van der Waals surface area (Å²) in [5.41, 5.74) is 0. The average Bonchev–Trinajstić information content (AvgIpc) is 2.13. The molecule has 6 heteroatoms. The molecule has 6 nitrogen and oxygen atoms in total. The highest BCUT2D eigenvalue weighted by atomic mass is 16.4. The average molecular weight is 208 g/mol. The third kappa shape index (κ3) is 9.27. The van der Waals surface area contributed by atoms with Gasteiger partial charge in [0.2, 0.25) is 0 Å². The van der Waals surface area contributed by atoms with Crippen molar-refractivity contribution in [2.45, 2.75) is 32.2 Å². The van der Waals surface area contributed by atoms with Gasteiger partial charge < -0.3 is 30.0 Å². The minimum Gasteiger partial charge on any atom is -0.394 e. The summed E-state index contributed by atoms with van der Waals surface area (Å²) in [4.78, 5) is 19.2. The molecule has 0 amide bonds. The monoisotopic (exact) mass is 208 g/mol. The van der Waals surface area contributed by atoms with Crippen LogP contribution in [-0.2, 0) is 9.59 Å². The Morgan fingerprint density at radius 3 is 1.86 bits per heavy atom. The Balaban J connectivity index is 0. The summed E-state index contributed by atoms with van der Waals surface area (Å²) in [6.45, 7) is 2.37. The lowest BCUT2D eigenvalue weighted by molar-refractivity contribution is -0.127. The highest BCUT2D eigenvalue weighted by Gasteiger charge is 2.22. The first kappa shape index (κ1) is 15.6. The van der Waals surface area contributed by atoms with E-state index in [1.54, 1.807) is 0 Å². The summed E-state index contributed by atoms with van der Waals surface area (Å²) in [6.07, 6.45) is -4.63. The number of hydrogen-bond acceptors (Lipinski definition) is 6. The maximum atomic E-state index is 9.76. The second-order valence-electron chi connectivity index (χ2n) is 2.78. The molecule has 0 heterocycles. The zero-order chi connectivity index (χ0) is 11.7. The molecule has 0 fully saturated rings. The van der Waals surface area contributed by atoms with Gasteiger partial charge in [0.1, 0.15) is 24.1 Å². The Bertz CT molecular complexity index is 165. The fourth-order valence-corrected chi connectivity index (χ4v) is 0.416. The van der Waals surface area contributed by atoms with Gasteiger partial charge in [0.15, 0.2) is 6.29 Å². The van der Waals surface area contributed by atoms with Gasteiger partial charge in [0.25, 0.3) is 0 Å². The standard InChI is InChI=1S/C5H10O5.C3H6O/c6-1-3(8)5(10)4(9)2-7;1-3(2)4/h1,3-5,7-10H,2H2;1-2H3. The van der Waals surface area contributed by atoms with Crippen LogP contribution in [0.4, 0.5) is 0 Å². The Hall–Kier alpha value is -0.820. The molecule has 0 saturated carbocycles. The van der Waals surface area contributed by atoms with E-state index < -0.39 is 24.9 Å². The second kappa shape index (κ2) is 8.76. The molecule has 14 heavy (non-hydrogen) atoms. The van der Waals surface area contributed by atoms with E-state index in [1.807, 2.05) is 0 Å². The normalized spacial score (nSPS) is 15.9. The topological polar surface area (TPSA) is 115 Å². The van der Waals surface area contributed by atoms with Gasteiger partial charge in [-0.15, -0.1) is 0 Å². The minimum absolute atomic E-state index is 0.0869. The van der Waals surface area contributed by atoms with Gasteiger partial charge in [0.05, 0.1) is 6.61 Å². The van der Waals surface area contributed by atoms with E-state index >= 15 is 0 Å². The first-order valence-corrected chi connectivity index (χ1v) is 3.94. The van der Waals surface area contributed by atoms with Crippen LogP contribution in [-0.4, -0.2) is 57.4 Å². The first-order chi connectivity index (χ1) is 6.36. The highest BCUT2D eigenvalue weighted by Crippen LogP contribution is 1.96. The molecule has 0 aromatic rings. The molecule has 0 radical (unpaired) electrons. The number of ketones is 1. The maximum Gasteiger partial charge on any atom is 0.151 e. The predicted molar refractivity (Wildman–Crippen MR) is 47.5 cm³/mol. The third-order valence-electron chi connectivity index (χ3n) is 1.07. The summed E-state index contributed by atoms with van der Waals surface area (Å²) in [6, 6.07) is 0. The molecule has 3 atom stereocenters. The number of Topliss-reactive ketones (excluding diaryl/α,β-unsaturated/α-hetero) is 1. The zero-order valence-electron chi connectivity index (χ0n) is 8.12. The van der Waals surface area contributed by atoms with Gasteiger partial charge >= 0.3 is 0 Å². The lowest BCUT2D eigenvalue weighted by Gasteiger charge is -2.16. The summed E-state index contributed by atoms with van der Waals surface area (Å²) in [5.74, 6) is 0.167. The molecule has 0 saturated heterocycles. The van der Waals surface area contributed by atoms with Crippen molar-refractivity contribution in [2.24, 2.45) is 0 Å². The van der Waals surface area contributed by atoms with Crippen LogP contribution in [0.15, 0.2) is 0 Å². The molecule has 0 aliphatic rings. The third-order valence-corrected chi connectivity index (χ3v) is 1.07. The van der Waals surface area contributed by atoms with Crippen LogP contribution < -0.4 is 0 Å². The quantitative estimate of drug-likeness (QED) is 0.392. The predicted octanol–water partition coefficient (Wildman–Crippen LogP) is -2.14. The molecule has 84 valence electrons. The smallest absolute Gasteiger partial charge is 0.151 e. The largest absolute Gasteiger partial charge is 0.394 e. The number of carbonyl (C=O) groups is 2. The van der Waals surface area contributed by atoms with E-state index in [2.05, 4.69) is 0 Å². The molecule has 0 rings (SSSR count). The van der Waals surface area contributed by atoms with Crippen molar-refractivity contribution < 1.29 is 30.0 Å². The second-order valence-corrected chi connectivity index (χ2v) is 2.78.